The predicted molar refractivity (Wildman–Crippen MR) is 115 cm³/mol. The molecule has 0 atom stereocenters. The highest BCUT2D eigenvalue weighted by atomic mass is 32.1. The second-order valence-electron chi connectivity index (χ2n) is 7.32. The number of nitrogens with one attached hydrogen (secondary N) is 2. The number of piperazine rings is 1. The molecule has 4 heterocycles. The summed E-state index contributed by atoms with van der Waals surface area (Å²) in [7, 11) is 0. The van der Waals surface area contributed by atoms with Crippen molar-refractivity contribution in [2.45, 2.75) is 13.5 Å². The molecule has 1 saturated heterocycles. The number of thiazole rings is 1. The molecule has 8 nitrogen and oxygen atoms in total. The normalized spacial score (nSPS) is 15.5. The molecular weight excluding hydrogens is 388 g/mol. The average molecular weight is 411 g/mol. The maximum atomic E-state index is 13.2. The Hall–Kier alpha value is -2.75. The number of aryl methyl sites for hydroxylation is 1. The highest BCUT2D eigenvalue weighted by molar-refractivity contribution is 7.20. The van der Waals surface area contributed by atoms with Gasteiger partial charge in [-0.25, -0.2) is 4.98 Å². The minimum Gasteiger partial charge on any atom is -0.314 e. The van der Waals surface area contributed by atoms with Crippen LogP contribution in [0.2, 0.25) is 0 Å². The second kappa shape index (κ2) is 7.25. The molecule has 0 amide bonds. The third kappa shape index (κ3) is 3.21. The summed E-state index contributed by atoms with van der Waals surface area (Å²) in [5, 5.41) is 7.53. The fourth-order valence-electron chi connectivity index (χ4n) is 3.95. The smallest absolute Gasteiger partial charge is 0.282 e. The van der Waals surface area contributed by atoms with Crippen molar-refractivity contribution < 1.29 is 0 Å². The lowest BCUT2D eigenvalue weighted by Crippen LogP contribution is -2.45. The zero-order chi connectivity index (χ0) is 20.0. The van der Waals surface area contributed by atoms with Crippen molar-refractivity contribution in [1.82, 2.24) is 29.5 Å². The molecule has 1 fully saturated rings. The Labute approximate surface area is 170 Å². The fraction of sp³-hybridized carbons (Fsp3) is 0.350. The van der Waals surface area contributed by atoms with Crippen molar-refractivity contribution in [1.29, 1.82) is 0 Å². The van der Waals surface area contributed by atoms with E-state index in [0.29, 0.717) is 28.3 Å². The van der Waals surface area contributed by atoms with Gasteiger partial charge in [0, 0.05) is 51.0 Å². The van der Waals surface area contributed by atoms with E-state index in [9.17, 15) is 9.59 Å². The largest absolute Gasteiger partial charge is 0.314 e. The summed E-state index contributed by atoms with van der Waals surface area (Å²) in [4.78, 5) is 32.8. The molecule has 1 aromatic carbocycles. The first-order valence-electron chi connectivity index (χ1n) is 9.76. The molecule has 0 unspecified atom stereocenters. The third-order valence-electron chi connectivity index (χ3n) is 5.54. The van der Waals surface area contributed by atoms with E-state index in [1.807, 2.05) is 31.2 Å². The zero-order valence-corrected chi connectivity index (χ0v) is 17.0. The van der Waals surface area contributed by atoms with Gasteiger partial charge in [-0.05, 0) is 19.1 Å². The average Bonchev–Trinajstić information content (AvgIpc) is 3.29. The Morgan fingerprint density at radius 3 is 2.72 bits per heavy atom. The van der Waals surface area contributed by atoms with Crippen LogP contribution in [-0.2, 0) is 6.54 Å². The SMILES string of the molecule is Cc1c2c(=O)n(-c3nc4ccccc4s3)[nH]c2cc(=O)n1CCN1CCNCC1. The third-order valence-corrected chi connectivity index (χ3v) is 6.56. The number of aromatic nitrogens is 4. The molecule has 0 spiro atoms. The second-order valence-corrected chi connectivity index (χ2v) is 8.33. The van der Waals surface area contributed by atoms with Crippen molar-refractivity contribution in [2.24, 2.45) is 0 Å². The van der Waals surface area contributed by atoms with Crippen LogP contribution in [0.3, 0.4) is 0 Å². The molecule has 5 rings (SSSR count). The molecule has 0 radical (unpaired) electrons. The number of aromatic amines is 1. The van der Waals surface area contributed by atoms with Gasteiger partial charge in [-0.2, -0.15) is 4.68 Å². The van der Waals surface area contributed by atoms with Crippen LogP contribution in [0.5, 0.6) is 0 Å². The van der Waals surface area contributed by atoms with Crippen LogP contribution in [-0.4, -0.2) is 57.0 Å². The number of hydrogen-bond acceptors (Lipinski definition) is 6. The summed E-state index contributed by atoms with van der Waals surface area (Å²) in [6, 6.07) is 9.30. The first-order chi connectivity index (χ1) is 14.1. The standard InChI is InChI=1S/C20H22N6O2S/c1-13-18-15(12-17(27)25(13)11-10-24-8-6-21-7-9-24)23-26(19(18)28)20-22-14-4-2-3-5-16(14)29-20/h2-5,12,21,23H,6-11H2,1H3. The molecule has 2 N–H and O–H groups in total. The predicted octanol–water partition coefficient (Wildman–Crippen LogP) is 1.30. The summed E-state index contributed by atoms with van der Waals surface area (Å²) in [5.41, 5.74) is 1.83. The Balaban J connectivity index is 1.55. The minimum absolute atomic E-state index is 0.0946. The van der Waals surface area contributed by atoms with Crippen molar-refractivity contribution >= 4 is 32.5 Å². The van der Waals surface area contributed by atoms with Crippen LogP contribution in [0, 0.1) is 6.92 Å². The molecule has 1 aliphatic rings. The molecule has 29 heavy (non-hydrogen) atoms. The van der Waals surface area contributed by atoms with E-state index in [2.05, 4.69) is 20.3 Å². The van der Waals surface area contributed by atoms with Crippen molar-refractivity contribution in [3.63, 3.8) is 0 Å². The van der Waals surface area contributed by atoms with E-state index < -0.39 is 0 Å². The monoisotopic (exact) mass is 410 g/mol. The quantitative estimate of drug-likeness (QED) is 0.530. The number of nitrogens with zero attached hydrogens (tertiary/aromatic N) is 4. The van der Waals surface area contributed by atoms with E-state index in [1.54, 1.807) is 4.57 Å². The first kappa shape index (κ1) is 18.3. The highest BCUT2D eigenvalue weighted by Gasteiger charge is 2.18. The Morgan fingerprint density at radius 2 is 1.93 bits per heavy atom. The van der Waals surface area contributed by atoms with Gasteiger partial charge in [0.25, 0.3) is 11.1 Å². The lowest BCUT2D eigenvalue weighted by molar-refractivity contribution is 0.231. The van der Waals surface area contributed by atoms with Gasteiger partial charge in [0.05, 0.1) is 21.1 Å². The Kier molecular flexibility index (Phi) is 4.57. The maximum Gasteiger partial charge on any atom is 0.282 e. The number of hydrogen-bond donors (Lipinski definition) is 2. The molecular formula is C20H22N6O2S. The van der Waals surface area contributed by atoms with E-state index in [0.717, 1.165) is 42.9 Å². The van der Waals surface area contributed by atoms with Gasteiger partial charge in [-0.15, -0.1) is 0 Å². The number of fused-ring (bicyclic) bond motifs is 2. The van der Waals surface area contributed by atoms with Crippen molar-refractivity contribution in [2.75, 3.05) is 32.7 Å². The van der Waals surface area contributed by atoms with Gasteiger partial charge in [0.1, 0.15) is 0 Å². The van der Waals surface area contributed by atoms with Crippen LogP contribution < -0.4 is 16.4 Å². The van der Waals surface area contributed by atoms with Crippen molar-refractivity contribution in [3.8, 4) is 5.13 Å². The molecule has 0 bridgehead atoms. The summed E-state index contributed by atoms with van der Waals surface area (Å²) in [5.74, 6) is 0. The molecule has 0 saturated carbocycles. The van der Waals surface area contributed by atoms with Crippen LogP contribution in [0.4, 0.5) is 0 Å². The number of H-pyrrole nitrogens is 1. The lowest BCUT2D eigenvalue weighted by atomic mass is 10.2. The summed E-state index contributed by atoms with van der Waals surface area (Å²) >= 11 is 1.45. The van der Waals surface area contributed by atoms with E-state index in [-0.39, 0.29) is 11.1 Å². The molecule has 0 aliphatic carbocycles. The first-order valence-corrected chi connectivity index (χ1v) is 10.6. The van der Waals surface area contributed by atoms with Gasteiger partial charge < -0.3 is 9.88 Å². The number of para-hydroxylation sites is 1. The van der Waals surface area contributed by atoms with Crippen molar-refractivity contribution in [3.05, 3.63) is 56.7 Å². The van der Waals surface area contributed by atoms with Gasteiger partial charge in [0.15, 0.2) is 0 Å². The van der Waals surface area contributed by atoms with Gasteiger partial charge in [-0.3, -0.25) is 19.6 Å². The van der Waals surface area contributed by atoms with E-state index in [1.165, 1.54) is 22.1 Å². The maximum absolute atomic E-state index is 13.2. The summed E-state index contributed by atoms with van der Waals surface area (Å²) in [6.07, 6.45) is 0. The molecule has 4 aromatic rings. The highest BCUT2D eigenvalue weighted by Crippen LogP contribution is 2.24. The fourth-order valence-corrected chi connectivity index (χ4v) is 4.88. The summed E-state index contributed by atoms with van der Waals surface area (Å²) < 4.78 is 4.17. The lowest BCUT2D eigenvalue weighted by Gasteiger charge is -2.27. The van der Waals surface area contributed by atoms with Crippen LogP contribution >= 0.6 is 11.3 Å². The zero-order valence-electron chi connectivity index (χ0n) is 16.1. The van der Waals surface area contributed by atoms with Gasteiger partial charge in [0.2, 0.25) is 5.13 Å². The topological polar surface area (TPSA) is 88.0 Å². The Bertz CT molecular complexity index is 1280. The van der Waals surface area contributed by atoms with Crippen LogP contribution in [0.25, 0.3) is 26.3 Å². The van der Waals surface area contributed by atoms with Crippen LogP contribution in [0.1, 0.15) is 5.69 Å². The molecule has 3 aromatic heterocycles. The van der Waals surface area contributed by atoms with Gasteiger partial charge in [-0.1, -0.05) is 23.5 Å². The Morgan fingerprint density at radius 1 is 1.14 bits per heavy atom. The molecule has 150 valence electrons. The summed E-state index contributed by atoms with van der Waals surface area (Å²) in [6.45, 7) is 7.11. The molecule has 1 aliphatic heterocycles. The van der Waals surface area contributed by atoms with E-state index >= 15 is 0 Å². The number of benzene rings is 1. The molecule has 9 heteroatoms. The van der Waals surface area contributed by atoms with Gasteiger partial charge >= 0.3 is 0 Å². The number of pyridine rings is 1. The van der Waals surface area contributed by atoms with Crippen LogP contribution in [0.15, 0.2) is 39.9 Å². The minimum atomic E-state index is -0.174. The van der Waals surface area contributed by atoms with E-state index in [4.69, 9.17) is 0 Å². The number of rotatable bonds is 4.